The van der Waals surface area contributed by atoms with E-state index in [0.29, 0.717) is 19.4 Å². The lowest BCUT2D eigenvalue weighted by atomic mass is 10.1. The van der Waals surface area contributed by atoms with Crippen molar-refractivity contribution in [3.63, 3.8) is 0 Å². The molecular weight excluding hydrogens is 276 g/mol. The third-order valence-electron chi connectivity index (χ3n) is 2.79. The van der Waals surface area contributed by atoms with E-state index < -0.39 is 16.5 Å². The molecule has 0 aliphatic heterocycles. The summed E-state index contributed by atoms with van der Waals surface area (Å²) in [7, 11) is 0. The molecule has 5 heteroatoms. The van der Waals surface area contributed by atoms with Crippen LogP contribution in [0.1, 0.15) is 25.8 Å². The Hall–Kier alpha value is -1.49. The first-order valence-corrected chi connectivity index (χ1v) is 7.61. The number of ether oxygens (including phenoxy) is 1. The van der Waals surface area contributed by atoms with Crippen LogP contribution in [0.5, 0.6) is 0 Å². The molecule has 2 unspecified atom stereocenters. The zero-order valence-corrected chi connectivity index (χ0v) is 12.6. The molecule has 1 aromatic rings. The molecule has 0 spiro atoms. The van der Waals surface area contributed by atoms with E-state index in [1.807, 2.05) is 37.3 Å². The Morgan fingerprint density at radius 2 is 1.85 bits per heavy atom. The highest BCUT2D eigenvalue weighted by Crippen LogP contribution is 2.25. The standard InChI is InChI=1S/C15H20O4S/c1-3-12(15(18)19-4-2)20-13(14(16)17)10-11-8-6-5-7-9-11/h5-9,12-13H,3-4,10H2,1-2H3,(H,16,17). The molecule has 0 aromatic heterocycles. The number of aliphatic carboxylic acids is 1. The fraction of sp³-hybridized carbons (Fsp3) is 0.467. The van der Waals surface area contributed by atoms with Gasteiger partial charge in [0.1, 0.15) is 10.5 Å². The molecule has 0 fully saturated rings. The number of carboxylic acid groups (broad SMARTS) is 1. The van der Waals surface area contributed by atoms with Crippen LogP contribution in [-0.2, 0) is 20.7 Å². The number of hydrogen-bond donors (Lipinski definition) is 1. The van der Waals surface area contributed by atoms with Gasteiger partial charge in [-0.3, -0.25) is 9.59 Å². The number of hydrogen-bond acceptors (Lipinski definition) is 4. The van der Waals surface area contributed by atoms with Crippen molar-refractivity contribution >= 4 is 23.7 Å². The molecule has 0 radical (unpaired) electrons. The topological polar surface area (TPSA) is 63.6 Å². The molecule has 0 heterocycles. The van der Waals surface area contributed by atoms with Crippen molar-refractivity contribution in [2.24, 2.45) is 0 Å². The van der Waals surface area contributed by atoms with Gasteiger partial charge in [0.2, 0.25) is 0 Å². The minimum absolute atomic E-state index is 0.312. The van der Waals surface area contributed by atoms with Gasteiger partial charge in [0, 0.05) is 0 Å². The lowest BCUT2D eigenvalue weighted by molar-refractivity contribution is -0.142. The SMILES string of the molecule is CCOC(=O)C(CC)SC(Cc1ccccc1)C(=O)O. The van der Waals surface area contributed by atoms with E-state index in [1.54, 1.807) is 6.92 Å². The average molecular weight is 296 g/mol. The van der Waals surface area contributed by atoms with E-state index in [1.165, 1.54) is 11.8 Å². The first kappa shape index (κ1) is 16.6. The van der Waals surface area contributed by atoms with Gasteiger partial charge in [0.15, 0.2) is 0 Å². The maximum Gasteiger partial charge on any atom is 0.319 e. The maximum absolute atomic E-state index is 11.7. The Morgan fingerprint density at radius 1 is 1.20 bits per heavy atom. The summed E-state index contributed by atoms with van der Waals surface area (Å²) in [5.41, 5.74) is 0.950. The average Bonchev–Trinajstić information content (AvgIpc) is 2.44. The lowest BCUT2D eigenvalue weighted by Crippen LogP contribution is -2.27. The van der Waals surface area contributed by atoms with Gasteiger partial charge in [-0.1, -0.05) is 37.3 Å². The van der Waals surface area contributed by atoms with Crippen LogP contribution in [-0.4, -0.2) is 34.2 Å². The highest BCUT2D eigenvalue weighted by atomic mass is 32.2. The number of carbonyl (C=O) groups is 2. The highest BCUT2D eigenvalue weighted by molar-refractivity contribution is 8.01. The summed E-state index contributed by atoms with van der Waals surface area (Å²) < 4.78 is 4.97. The summed E-state index contributed by atoms with van der Waals surface area (Å²) in [5.74, 6) is -1.24. The molecule has 0 amide bonds. The van der Waals surface area contributed by atoms with Gasteiger partial charge in [-0.15, -0.1) is 11.8 Å². The summed E-state index contributed by atoms with van der Waals surface area (Å²) in [4.78, 5) is 23.1. The van der Waals surface area contributed by atoms with Crippen molar-refractivity contribution in [1.29, 1.82) is 0 Å². The molecule has 0 saturated heterocycles. The van der Waals surface area contributed by atoms with Crippen molar-refractivity contribution in [2.75, 3.05) is 6.61 Å². The molecule has 1 aromatic carbocycles. The molecule has 2 atom stereocenters. The van der Waals surface area contributed by atoms with Gasteiger partial charge < -0.3 is 9.84 Å². The summed E-state index contributed by atoms with van der Waals surface area (Å²) in [6.07, 6.45) is 0.957. The van der Waals surface area contributed by atoms with E-state index in [0.717, 1.165) is 5.56 Å². The van der Waals surface area contributed by atoms with E-state index in [4.69, 9.17) is 4.74 Å². The smallest absolute Gasteiger partial charge is 0.319 e. The summed E-state index contributed by atoms with van der Waals surface area (Å²) in [6, 6.07) is 9.42. The predicted octanol–water partition coefficient (Wildman–Crippen LogP) is 2.76. The van der Waals surface area contributed by atoms with Crippen molar-refractivity contribution in [1.82, 2.24) is 0 Å². The Balaban J connectivity index is 2.71. The third kappa shape index (κ3) is 5.25. The van der Waals surface area contributed by atoms with Crippen LogP contribution in [0.25, 0.3) is 0 Å². The van der Waals surface area contributed by atoms with Gasteiger partial charge in [-0.25, -0.2) is 0 Å². The number of carboxylic acids is 1. The van der Waals surface area contributed by atoms with Crippen LogP contribution < -0.4 is 0 Å². The quantitative estimate of drug-likeness (QED) is 0.747. The zero-order valence-electron chi connectivity index (χ0n) is 11.7. The van der Waals surface area contributed by atoms with Crippen molar-refractivity contribution in [3.05, 3.63) is 35.9 Å². The van der Waals surface area contributed by atoms with Gasteiger partial charge in [0.05, 0.1) is 6.61 Å². The fourth-order valence-corrected chi connectivity index (χ4v) is 2.95. The van der Waals surface area contributed by atoms with Crippen LogP contribution in [0.15, 0.2) is 30.3 Å². The zero-order chi connectivity index (χ0) is 15.0. The van der Waals surface area contributed by atoms with E-state index in [2.05, 4.69) is 0 Å². The molecule has 0 saturated carbocycles. The van der Waals surface area contributed by atoms with E-state index in [9.17, 15) is 14.7 Å². The third-order valence-corrected chi connectivity index (χ3v) is 4.34. The molecule has 4 nitrogen and oxygen atoms in total. The van der Waals surface area contributed by atoms with Crippen LogP contribution in [0.2, 0.25) is 0 Å². The first-order chi connectivity index (χ1) is 9.58. The second-order valence-electron chi connectivity index (χ2n) is 4.30. The molecule has 1 rings (SSSR count). The number of carbonyl (C=O) groups excluding carboxylic acids is 1. The van der Waals surface area contributed by atoms with E-state index >= 15 is 0 Å². The molecule has 0 aliphatic rings. The van der Waals surface area contributed by atoms with Gasteiger partial charge in [-0.2, -0.15) is 0 Å². The Morgan fingerprint density at radius 3 is 2.35 bits per heavy atom. The van der Waals surface area contributed by atoms with Crippen LogP contribution in [0.3, 0.4) is 0 Å². The minimum Gasteiger partial charge on any atom is -0.480 e. The highest BCUT2D eigenvalue weighted by Gasteiger charge is 2.27. The van der Waals surface area contributed by atoms with Crippen LogP contribution in [0, 0.1) is 0 Å². The van der Waals surface area contributed by atoms with Gasteiger partial charge in [0.25, 0.3) is 0 Å². The molecule has 1 N–H and O–H groups in total. The Kier molecular flexibility index (Phi) is 7.15. The van der Waals surface area contributed by atoms with Crippen LogP contribution in [0.4, 0.5) is 0 Å². The molecule has 0 aliphatic carbocycles. The van der Waals surface area contributed by atoms with Crippen molar-refractivity contribution < 1.29 is 19.4 Å². The number of thioether (sulfide) groups is 1. The number of benzene rings is 1. The minimum atomic E-state index is -0.901. The van der Waals surface area contributed by atoms with Gasteiger partial charge in [-0.05, 0) is 25.3 Å². The van der Waals surface area contributed by atoms with Crippen molar-refractivity contribution in [3.8, 4) is 0 Å². The normalized spacial score (nSPS) is 13.5. The summed E-state index contributed by atoms with van der Waals surface area (Å²) in [5, 5.41) is 8.24. The van der Waals surface area contributed by atoms with Crippen LogP contribution >= 0.6 is 11.8 Å². The molecule has 0 bridgehead atoms. The lowest BCUT2D eigenvalue weighted by Gasteiger charge is -2.18. The maximum atomic E-state index is 11.7. The molecule has 20 heavy (non-hydrogen) atoms. The van der Waals surface area contributed by atoms with E-state index in [-0.39, 0.29) is 5.97 Å². The Labute approximate surface area is 123 Å². The predicted molar refractivity (Wildman–Crippen MR) is 79.9 cm³/mol. The number of rotatable bonds is 8. The fourth-order valence-electron chi connectivity index (χ4n) is 1.77. The van der Waals surface area contributed by atoms with Gasteiger partial charge >= 0.3 is 11.9 Å². The second-order valence-corrected chi connectivity index (χ2v) is 5.71. The Bertz CT molecular complexity index is 433. The second kappa shape index (κ2) is 8.64. The summed E-state index contributed by atoms with van der Waals surface area (Å²) in [6.45, 7) is 3.91. The first-order valence-electron chi connectivity index (χ1n) is 6.67. The largest absolute Gasteiger partial charge is 0.480 e. The monoisotopic (exact) mass is 296 g/mol. The molecular formula is C15H20O4S. The molecule has 110 valence electrons. The van der Waals surface area contributed by atoms with Crippen molar-refractivity contribution in [2.45, 2.75) is 37.2 Å². The summed E-state index contributed by atoms with van der Waals surface area (Å²) >= 11 is 1.17. The number of esters is 1.